The van der Waals surface area contributed by atoms with Crippen molar-refractivity contribution in [2.75, 3.05) is 6.61 Å². The summed E-state index contributed by atoms with van der Waals surface area (Å²) in [5, 5.41) is 4.89. The SMILES string of the molecule is C[C@H](NC(=O)Cn1c(=O)c(F)cn([C@H]2CCCO2)c1=O)c1ccc2ccccc2c1. The van der Waals surface area contributed by atoms with E-state index in [4.69, 9.17) is 4.74 Å². The van der Waals surface area contributed by atoms with E-state index in [1.165, 1.54) is 0 Å². The molecule has 0 radical (unpaired) electrons. The number of carbonyl (C=O) groups excluding carboxylic acids is 1. The van der Waals surface area contributed by atoms with Gasteiger partial charge in [0.05, 0.1) is 12.2 Å². The second-order valence-electron chi connectivity index (χ2n) is 7.42. The van der Waals surface area contributed by atoms with Crippen LogP contribution in [-0.4, -0.2) is 21.6 Å². The van der Waals surface area contributed by atoms with Crippen molar-refractivity contribution in [1.82, 2.24) is 14.5 Å². The van der Waals surface area contributed by atoms with E-state index < -0.39 is 35.7 Å². The Kier molecular flexibility index (Phi) is 5.50. The van der Waals surface area contributed by atoms with Gasteiger partial charge < -0.3 is 10.1 Å². The van der Waals surface area contributed by atoms with Crippen molar-refractivity contribution in [1.29, 1.82) is 0 Å². The zero-order valence-corrected chi connectivity index (χ0v) is 16.5. The van der Waals surface area contributed by atoms with Gasteiger partial charge in [0.2, 0.25) is 11.7 Å². The van der Waals surface area contributed by atoms with Gasteiger partial charge in [0.1, 0.15) is 12.8 Å². The summed E-state index contributed by atoms with van der Waals surface area (Å²) in [6.07, 6.45) is 1.51. The van der Waals surface area contributed by atoms with E-state index in [-0.39, 0.29) is 6.04 Å². The molecule has 2 heterocycles. The van der Waals surface area contributed by atoms with Gasteiger partial charge in [-0.2, -0.15) is 4.39 Å². The first-order valence-electron chi connectivity index (χ1n) is 9.85. The number of ether oxygens (including phenoxy) is 1. The minimum Gasteiger partial charge on any atom is -0.358 e. The Hall–Kier alpha value is -3.26. The molecule has 2 aromatic carbocycles. The number of carbonyl (C=O) groups is 1. The lowest BCUT2D eigenvalue weighted by Crippen LogP contribution is -2.45. The maximum atomic E-state index is 14.1. The lowest BCUT2D eigenvalue weighted by atomic mass is 10.0. The highest BCUT2D eigenvalue weighted by Crippen LogP contribution is 2.21. The standard InChI is InChI=1S/C22H22FN3O4/c1-14(16-9-8-15-5-2-3-6-17(15)11-16)24-19(27)13-26-21(28)18(23)12-25(22(26)29)20-7-4-10-30-20/h2-3,5-6,8-9,11-12,14,20H,4,7,10,13H2,1H3,(H,24,27)/t14-,20+/m0/s1. The minimum absolute atomic E-state index is 0.355. The van der Waals surface area contributed by atoms with Gasteiger partial charge in [-0.25, -0.2) is 9.36 Å². The third-order valence-electron chi connectivity index (χ3n) is 5.32. The van der Waals surface area contributed by atoms with Gasteiger partial charge >= 0.3 is 5.69 Å². The first-order chi connectivity index (χ1) is 14.4. The van der Waals surface area contributed by atoms with Gasteiger partial charge in [0.15, 0.2) is 0 Å². The van der Waals surface area contributed by atoms with Crippen molar-refractivity contribution >= 4 is 16.7 Å². The maximum Gasteiger partial charge on any atom is 0.333 e. The molecule has 156 valence electrons. The number of nitrogens with zero attached hydrogens (tertiary/aromatic N) is 2. The average Bonchev–Trinajstić information content (AvgIpc) is 3.28. The largest absolute Gasteiger partial charge is 0.358 e. The van der Waals surface area contributed by atoms with Crippen molar-refractivity contribution < 1.29 is 13.9 Å². The van der Waals surface area contributed by atoms with Gasteiger partial charge in [-0.05, 0) is 42.2 Å². The number of halogens is 1. The highest BCUT2D eigenvalue weighted by Gasteiger charge is 2.23. The Morgan fingerprint density at radius 1 is 1.23 bits per heavy atom. The molecule has 3 aromatic rings. The quantitative estimate of drug-likeness (QED) is 0.699. The number of benzene rings is 2. The van der Waals surface area contributed by atoms with Crippen LogP contribution in [0.2, 0.25) is 0 Å². The number of rotatable bonds is 5. The van der Waals surface area contributed by atoms with Crippen molar-refractivity contribution in [2.45, 2.75) is 38.6 Å². The van der Waals surface area contributed by atoms with Crippen molar-refractivity contribution in [3.63, 3.8) is 0 Å². The first kappa shape index (κ1) is 20.0. The van der Waals surface area contributed by atoms with Crippen LogP contribution in [0.4, 0.5) is 4.39 Å². The van der Waals surface area contributed by atoms with E-state index in [9.17, 15) is 18.8 Å². The number of hydrogen-bond donors (Lipinski definition) is 1. The molecule has 1 amide bonds. The van der Waals surface area contributed by atoms with E-state index >= 15 is 0 Å². The lowest BCUT2D eigenvalue weighted by Gasteiger charge is -2.17. The van der Waals surface area contributed by atoms with Gasteiger partial charge in [0, 0.05) is 6.61 Å². The monoisotopic (exact) mass is 411 g/mol. The molecule has 1 aliphatic rings. The van der Waals surface area contributed by atoms with Crippen molar-refractivity contribution in [3.05, 3.63) is 80.9 Å². The molecule has 1 saturated heterocycles. The van der Waals surface area contributed by atoms with Gasteiger partial charge in [-0.3, -0.25) is 14.2 Å². The summed E-state index contributed by atoms with van der Waals surface area (Å²) < 4.78 is 21.2. The summed E-state index contributed by atoms with van der Waals surface area (Å²) in [5.41, 5.74) is -1.00. The molecule has 1 N–H and O–H groups in total. The van der Waals surface area contributed by atoms with Crippen LogP contribution in [-0.2, 0) is 16.1 Å². The normalized spacial score (nSPS) is 17.2. The summed E-state index contributed by atoms with van der Waals surface area (Å²) in [6.45, 7) is 1.70. The third-order valence-corrected chi connectivity index (χ3v) is 5.32. The van der Waals surface area contributed by atoms with E-state index in [2.05, 4.69) is 5.32 Å². The van der Waals surface area contributed by atoms with Crippen LogP contribution in [0.25, 0.3) is 10.8 Å². The van der Waals surface area contributed by atoms with Gasteiger partial charge in [0.25, 0.3) is 5.56 Å². The van der Waals surface area contributed by atoms with Crippen LogP contribution in [0.5, 0.6) is 0 Å². The second-order valence-corrected chi connectivity index (χ2v) is 7.42. The Labute approximate surface area is 171 Å². The first-order valence-corrected chi connectivity index (χ1v) is 9.85. The van der Waals surface area contributed by atoms with Crippen LogP contribution in [0.3, 0.4) is 0 Å². The zero-order valence-electron chi connectivity index (χ0n) is 16.5. The fourth-order valence-corrected chi connectivity index (χ4v) is 3.70. The van der Waals surface area contributed by atoms with Crippen molar-refractivity contribution in [3.8, 4) is 0 Å². The van der Waals surface area contributed by atoms with Crippen LogP contribution >= 0.6 is 0 Å². The van der Waals surface area contributed by atoms with E-state index in [1.54, 1.807) is 6.92 Å². The maximum absolute atomic E-state index is 14.1. The molecule has 1 aromatic heterocycles. The Bertz CT molecular complexity index is 1210. The molecular formula is C22H22FN3O4. The average molecular weight is 411 g/mol. The molecule has 0 saturated carbocycles. The summed E-state index contributed by atoms with van der Waals surface area (Å²) >= 11 is 0. The van der Waals surface area contributed by atoms with E-state index in [1.807, 2.05) is 42.5 Å². The van der Waals surface area contributed by atoms with Gasteiger partial charge in [-0.15, -0.1) is 0 Å². The van der Waals surface area contributed by atoms with Crippen LogP contribution < -0.4 is 16.6 Å². The minimum atomic E-state index is -1.12. The number of amides is 1. The zero-order chi connectivity index (χ0) is 21.3. The van der Waals surface area contributed by atoms with Crippen LogP contribution in [0.1, 0.15) is 37.6 Å². The molecule has 4 rings (SSSR count). The summed E-state index contributed by atoms with van der Waals surface area (Å²) in [7, 11) is 0. The smallest absolute Gasteiger partial charge is 0.333 e. The molecule has 1 fully saturated rings. The van der Waals surface area contributed by atoms with Gasteiger partial charge in [-0.1, -0.05) is 36.4 Å². The molecule has 2 atom stereocenters. The summed E-state index contributed by atoms with van der Waals surface area (Å²) in [6, 6.07) is 13.4. The van der Waals surface area contributed by atoms with E-state index in [0.29, 0.717) is 17.6 Å². The van der Waals surface area contributed by atoms with Crippen molar-refractivity contribution in [2.24, 2.45) is 0 Å². The summed E-state index contributed by atoms with van der Waals surface area (Å²) in [5.74, 6) is -1.65. The Morgan fingerprint density at radius 2 is 2.00 bits per heavy atom. The van der Waals surface area contributed by atoms with Crippen LogP contribution in [0, 0.1) is 5.82 Å². The molecule has 7 nitrogen and oxygen atoms in total. The predicted molar refractivity (Wildman–Crippen MR) is 110 cm³/mol. The molecule has 0 aliphatic carbocycles. The lowest BCUT2D eigenvalue weighted by molar-refractivity contribution is -0.122. The Morgan fingerprint density at radius 3 is 2.73 bits per heavy atom. The number of hydrogen-bond acceptors (Lipinski definition) is 4. The highest BCUT2D eigenvalue weighted by atomic mass is 19.1. The third kappa shape index (κ3) is 3.91. The highest BCUT2D eigenvalue weighted by molar-refractivity contribution is 5.83. The molecule has 1 aliphatic heterocycles. The fourth-order valence-electron chi connectivity index (χ4n) is 3.70. The number of nitrogens with one attached hydrogen (secondary N) is 1. The number of fused-ring (bicyclic) bond motifs is 1. The number of aromatic nitrogens is 2. The molecule has 0 spiro atoms. The summed E-state index contributed by atoms with van der Waals surface area (Å²) in [4.78, 5) is 37.3. The molecule has 30 heavy (non-hydrogen) atoms. The molecule has 0 bridgehead atoms. The fraction of sp³-hybridized carbons (Fsp3) is 0.318. The molecule has 8 heteroatoms. The molecule has 0 unspecified atom stereocenters. The Balaban J connectivity index is 1.54. The predicted octanol–water partition coefficient (Wildman–Crippen LogP) is 2.49. The second kappa shape index (κ2) is 8.23. The van der Waals surface area contributed by atoms with E-state index in [0.717, 1.165) is 33.5 Å². The topological polar surface area (TPSA) is 82.3 Å². The molecular weight excluding hydrogens is 389 g/mol. The van der Waals surface area contributed by atoms with Crippen LogP contribution in [0.15, 0.2) is 58.3 Å².